The van der Waals surface area contributed by atoms with Gasteiger partial charge >= 0.3 is 0 Å². The molecule has 1 aromatic heterocycles. The van der Waals surface area contributed by atoms with Gasteiger partial charge in [0.25, 0.3) is 11.8 Å². The molecule has 2 aromatic rings. The van der Waals surface area contributed by atoms with Gasteiger partial charge in [0.05, 0.1) is 11.9 Å². The number of rotatable bonds is 5. The minimum Gasteiger partial charge on any atom is -0.348 e. The molecule has 4 amide bonds. The van der Waals surface area contributed by atoms with Gasteiger partial charge < -0.3 is 10.2 Å². The fourth-order valence-electron chi connectivity index (χ4n) is 4.88. The van der Waals surface area contributed by atoms with E-state index in [-0.39, 0.29) is 42.4 Å². The summed E-state index contributed by atoms with van der Waals surface area (Å²) in [6, 6.07) is 4.73. The molecule has 10 nitrogen and oxygen atoms in total. The molecule has 11 heteroatoms. The number of benzene rings is 1. The second kappa shape index (κ2) is 9.44. The highest BCUT2D eigenvalue weighted by atomic mass is 32.2. The summed E-state index contributed by atoms with van der Waals surface area (Å²) >= 11 is 1.97. The number of carbonyl (C=O) groups is 4. The van der Waals surface area contributed by atoms with Crippen LogP contribution in [0, 0.1) is 5.92 Å². The molecule has 3 atom stereocenters. The molecule has 0 spiro atoms. The maximum Gasteiger partial charge on any atom is 0.273 e. The lowest BCUT2D eigenvalue weighted by Gasteiger charge is -2.31. The van der Waals surface area contributed by atoms with E-state index in [0.29, 0.717) is 28.8 Å². The molecule has 5 rings (SSSR count). The highest BCUT2D eigenvalue weighted by molar-refractivity contribution is 7.99. The number of nitrogens with zero attached hydrogens (tertiary/aromatic N) is 4. The predicted octanol–water partition coefficient (Wildman–Crippen LogP) is 1.68. The maximum absolute atomic E-state index is 12.9. The number of thioether (sulfide) groups is 1. The van der Waals surface area contributed by atoms with Gasteiger partial charge in [0, 0.05) is 29.8 Å². The van der Waals surface area contributed by atoms with Crippen LogP contribution >= 0.6 is 11.8 Å². The zero-order valence-corrected chi connectivity index (χ0v) is 20.5. The van der Waals surface area contributed by atoms with Gasteiger partial charge in [-0.25, -0.2) is 4.68 Å². The lowest BCUT2D eigenvalue weighted by molar-refractivity contribution is -0.136. The summed E-state index contributed by atoms with van der Waals surface area (Å²) < 4.78 is 1.52. The number of nitrogens with one attached hydrogen (secondary N) is 2. The number of amides is 4. The Morgan fingerprint density at radius 1 is 1.23 bits per heavy atom. The largest absolute Gasteiger partial charge is 0.348 e. The first-order valence-electron chi connectivity index (χ1n) is 11.9. The van der Waals surface area contributed by atoms with E-state index in [9.17, 15) is 19.2 Å². The highest BCUT2D eigenvalue weighted by Gasteiger charge is 2.39. The maximum atomic E-state index is 12.9. The van der Waals surface area contributed by atoms with Crippen LogP contribution in [-0.2, 0) is 16.1 Å². The lowest BCUT2D eigenvalue weighted by Crippen LogP contribution is -2.52. The molecule has 3 unspecified atom stereocenters. The smallest absolute Gasteiger partial charge is 0.273 e. The van der Waals surface area contributed by atoms with E-state index in [1.165, 1.54) is 9.58 Å². The molecule has 0 radical (unpaired) electrons. The molecule has 3 aliphatic heterocycles. The molecule has 0 saturated carbocycles. The van der Waals surface area contributed by atoms with E-state index in [1.807, 2.05) is 17.8 Å². The second-order valence-electron chi connectivity index (χ2n) is 9.64. The third kappa shape index (κ3) is 4.69. The molecule has 2 saturated heterocycles. The van der Waals surface area contributed by atoms with Crippen LogP contribution in [0.4, 0.5) is 0 Å². The van der Waals surface area contributed by atoms with Gasteiger partial charge in [0.2, 0.25) is 11.8 Å². The average Bonchev–Trinajstić information content (AvgIpc) is 3.45. The van der Waals surface area contributed by atoms with E-state index in [1.54, 1.807) is 18.3 Å². The van der Waals surface area contributed by atoms with Crippen molar-refractivity contribution in [2.75, 3.05) is 5.75 Å². The topological polar surface area (TPSA) is 126 Å². The van der Waals surface area contributed by atoms with Crippen LogP contribution in [0.15, 0.2) is 24.4 Å². The summed E-state index contributed by atoms with van der Waals surface area (Å²) in [7, 11) is 0. The fraction of sp³-hybridized carbons (Fsp3) is 0.500. The minimum absolute atomic E-state index is 0.130. The Hall–Kier alpha value is -3.21. The Morgan fingerprint density at radius 3 is 2.83 bits per heavy atom. The first kappa shape index (κ1) is 23.5. The van der Waals surface area contributed by atoms with E-state index in [0.717, 1.165) is 24.2 Å². The zero-order valence-electron chi connectivity index (χ0n) is 19.7. The Morgan fingerprint density at radius 2 is 2.06 bits per heavy atom. The third-order valence-electron chi connectivity index (χ3n) is 6.89. The van der Waals surface area contributed by atoms with Crippen LogP contribution in [0.1, 0.15) is 65.9 Å². The number of hydrogen-bond donors (Lipinski definition) is 2. The normalized spacial score (nSPS) is 24.5. The molecule has 2 N–H and O–H groups in total. The molecule has 35 heavy (non-hydrogen) atoms. The Balaban J connectivity index is 1.27. The number of hydrogen-bond acceptors (Lipinski definition) is 7. The third-order valence-corrected chi connectivity index (χ3v) is 8.53. The standard InChI is InChI=1S/C24H28N6O4S/c1-13(2)20-10-15(7-8-35-20)25-22(32)18-12-30(28-27-18)16-3-4-17-14(9-16)11-29(24(17)34)19-5-6-21(31)26-23(19)33/h3-4,9,12-13,15,19-20H,5-8,10-11H2,1-2H3,(H,25,32)(H,26,31,33). The summed E-state index contributed by atoms with van der Waals surface area (Å²) in [6.07, 6.45) is 4.00. The fourth-order valence-corrected chi connectivity index (χ4v) is 6.36. The monoisotopic (exact) mass is 496 g/mol. The molecular formula is C24H28N6O4S. The van der Waals surface area contributed by atoms with Crippen molar-refractivity contribution in [2.24, 2.45) is 5.92 Å². The van der Waals surface area contributed by atoms with Crippen molar-refractivity contribution in [3.8, 4) is 5.69 Å². The SMILES string of the molecule is CC(C)C1CC(NC(=O)c2cn(-c3ccc4c(c3)CN(C3CCC(=O)NC3=O)C4=O)nn2)CCS1. The summed E-state index contributed by atoms with van der Waals surface area (Å²) in [6.45, 7) is 4.69. The summed E-state index contributed by atoms with van der Waals surface area (Å²) in [5.74, 6) is 0.375. The van der Waals surface area contributed by atoms with E-state index >= 15 is 0 Å². The van der Waals surface area contributed by atoms with Gasteiger partial charge in [-0.15, -0.1) is 5.10 Å². The Labute approximate surface area is 207 Å². The first-order valence-corrected chi connectivity index (χ1v) is 13.0. The minimum atomic E-state index is -0.661. The second-order valence-corrected chi connectivity index (χ2v) is 11.0. The average molecular weight is 497 g/mol. The van der Waals surface area contributed by atoms with Crippen LogP contribution in [-0.4, -0.2) is 66.6 Å². The van der Waals surface area contributed by atoms with E-state index < -0.39 is 11.9 Å². The molecule has 1 aromatic carbocycles. The van der Waals surface area contributed by atoms with Crippen molar-refractivity contribution in [3.05, 3.63) is 41.2 Å². The van der Waals surface area contributed by atoms with Gasteiger partial charge in [-0.2, -0.15) is 11.8 Å². The lowest BCUT2D eigenvalue weighted by atomic mass is 10.00. The molecule has 3 aliphatic rings. The van der Waals surface area contributed by atoms with Gasteiger partial charge in [-0.05, 0) is 54.7 Å². The van der Waals surface area contributed by atoms with Crippen LogP contribution in [0.3, 0.4) is 0 Å². The quantitative estimate of drug-likeness (QED) is 0.603. The molecule has 4 heterocycles. The molecule has 0 aliphatic carbocycles. The van der Waals surface area contributed by atoms with E-state index in [2.05, 4.69) is 34.8 Å². The van der Waals surface area contributed by atoms with E-state index in [4.69, 9.17) is 0 Å². The molecule has 2 fully saturated rings. The van der Waals surface area contributed by atoms with Crippen LogP contribution in [0.25, 0.3) is 5.69 Å². The number of fused-ring (bicyclic) bond motifs is 1. The van der Waals surface area contributed by atoms with Crippen molar-refractivity contribution < 1.29 is 19.2 Å². The van der Waals surface area contributed by atoms with Gasteiger partial charge in [-0.1, -0.05) is 19.1 Å². The first-order chi connectivity index (χ1) is 16.8. The summed E-state index contributed by atoms with van der Waals surface area (Å²) in [5, 5.41) is 14.1. The van der Waals surface area contributed by atoms with Gasteiger partial charge in [0.15, 0.2) is 5.69 Å². The predicted molar refractivity (Wildman–Crippen MR) is 129 cm³/mol. The molecule has 184 valence electrons. The summed E-state index contributed by atoms with van der Waals surface area (Å²) in [5.41, 5.74) is 2.19. The van der Waals surface area contributed by atoms with Crippen LogP contribution < -0.4 is 10.6 Å². The Bertz CT molecular complexity index is 1190. The summed E-state index contributed by atoms with van der Waals surface area (Å²) in [4.78, 5) is 50.9. The van der Waals surface area contributed by atoms with Crippen molar-refractivity contribution in [1.29, 1.82) is 0 Å². The number of piperidine rings is 1. The zero-order chi connectivity index (χ0) is 24.7. The molecular weight excluding hydrogens is 468 g/mol. The highest BCUT2D eigenvalue weighted by Crippen LogP contribution is 2.31. The van der Waals surface area contributed by atoms with Crippen molar-refractivity contribution in [2.45, 2.75) is 63.4 Å². The van der Waals surface area contributed by atoms with Crippen molar-refractivity contribution in [3.63, 3.8) is 0 Å². The Kier molecular flexibility index (Phi) is 6.35. The van der Waals surface area contributed by atoms with Crippen molar-refractivity contribution in [1.82, 2.24) is 30.5 Å². The number of aromatic nitrogens is 3. The van der Waals surface area contributed by atoms with Crippen LogP contribution in [0.2, 0.25) is 0 Å². The molecule has 0 bridgehead atoms. The number of imide groups is 1. The van der Waals surface area contributed by atoms with Crippen LogP contribution in [0.5, 0.6) is 0 Å². The number of carbonyl (C=O) groups excluding carboxylic acids is 4. The van der Waals surface area contributed by atoms with Gasteiger partial charge in [-0.3, -0.25) is 24.5 Å². The van der Waals surface area contributed by atoms with Crippen molar-refractivity contribution >= 4 is 35.4 Å². The van der Waals surface area contributed by atoms with Gasteiger partial charge in [0.1, 0.15) is 6.04 Å².